The van der Waals surface area contributed by atoms with Crippen LogP contribution in [0.1, 0.15) is 47.0 Å². The molecule has 7 nitrogen and oxygen atoms in total. The third kappa shape index (κ3) is 4.25. The number of rotatable bonds is 6. The molecule has 3 heterocycles. The maximum absolute atomic E-state index is 11.8. The summed E-state index contributed by atoms with van der Waals surface area (Å²) in [5, 5.41) is 0. The topological polar surface area (TPSA) is 67.8 Å². The van der Waals surface area contributed by atoms with Gasteiger partial charge in [0.1, 0.15) is 5.88 Å². The summed E-state index contributed by atoms with van der Waals surface area (Å²) in [6.45, 7) is 10.6. The zero-order valence-electron chi connectivity index (χ0n) is 17.7. The Bertz CT molecular complexity index is 741. The molecule has 1 amide bonds. The maximum Gasteiger partial charge on any atom is 0.498 e. The van der Waals surface area contributed by atoms with E-state index in [1.165, 1.54) is 12.8 Å². The average molecular weight is 421 g/mol. The van der Waals surface area contributed by atoms with E-state index >= 15 is 0 Å². The molecular formula is C20H30BClN4O3. The van der Waals surface area contributed by atoms with Crippen molar-refractivity contribution in [2.45, 2.75) is 64.2 Å². The molecule has 1 saturated carbocycles. The third-order valence-corrected chi connectivity index (χ3v) is 6.86. The summed E-state index contributed by atoms with van der Waals surface area (Å²) in [6, 6.07) is 0.496. The Morgan fingerprint density at radius 3 is 2.38 bits per heavy atom. The van der Waals surface area contributed by atoms with Crippen LogP contribution >= 0.6 is 11.6 Å². The molecule has 3 aliphatic rings. The van der Waals surface area contributed by atoms with Crippen molar-refractivity contribution in [3.63, 3.8) is 0 Å². The Labute approximate surface area is 178 Å². The highest BCUT2D eigenvalue weighted by Crippen LogP contribution is 2.36. The molecule has 1 aromatic rings. The standard InChI is InChI=1S/C20H30BClN4O3/c1-19(2)20(3,4)29-21(28-19)15-10-23-18(24-11-15)26(16-5-6-16)13-14-7-8-25(12-14)17(27)9-22/h10-11,14,16H,5-9,12-13H2,1-4H3/t14-/m1/s1. The smallest absolute Gasteiger partial charge is 0.399 e. The fourth-order valence-electron chi connectivity index (χ4n) is 3.93. The van der Waals surface area contributed by atoms with Crippen molar-refractivity contribution in [2.75, 3.05) is 30.4 Å². The molecule has 2 aliphatic heterocycles. The van der Waals surface area contributed by atoms with Crippen LogP contribution in [0.5, 0.6) is 0 Å². The zero-order valence-corrected chi connectivity index (χ0v) is 18.5. The minimum absolute atomic E-state index is 0.0233. The van der Waals surface area contributed by atoms with Gasteiger partial charge in [0.15, 0.2) is 0 Å². The highest BCUT2D eigenvalue weighted by atomic mass is 35.5. The second-order valence-corrected chi connectivity index (χ2v) is 9.68. The minimum atomic E-state index is -0.451. The van der Waals surface area contributed by atoms with E-state index in [0.717, 1.165) is 37.5 Å². The summed E-state index contributed by atoms with van der Waals surface area (Å²) in [4.78, 5) is 25.3. The molecule has 158 valence electrons. The number of likely N-dealkylation sites (tertiary alicyclic amines) is 1. The number of alkyl halides is 1. The van der Waals surface area contributed by atoms with Gasteiger partial charge >= 0.3 is 7.12 Å². The average Bonchev–Trinajstić information content (AvgIpc) is 3.36. The van der Waals surface area contributed by atoms with Crippen LogP contribution in [0.15, 0.2) is 12.4 Å². The molecule has 9 heteroatoms. The number of carbonyl (C=O) groups excluding carboxylic acids is 1. The molecule has 0 aromatic carbocycles. The summed E-state index contributed by atoms with van der Waals surface area (Å²) >= 11 is 5.70. The summed E-state index contributed by atoms with van der Waals surface area (Å²) in [7, 11) is -0.451. The first-order valence-corrected chi connectivity index (χ1v) is 11.0. The van der Waals surface area contributed by atoms with Gasteiger partial charge in [0.2, 0.25) is 11.9 Å². The molecule has 1 aromatic heterocycles. The molecular weight excluding hydrogens is 391 g/mol. The molecule has 0 bridgehead atoms. The molecule has 2 saturated heterocycles. The molecule has 0 radical (unpaired) electrons. The highest BCUT2D eigenvalue weighted by molar-refractivity contribution is 6.61. The fourth-order valence-corrected chi connectivity index (χ4v) is 4.10. The van der Waals surface area contributed by atoms with Gasteiger partial charge in [-0.25, -0.2) is 9.97 Å². The van der Waals surface area contributed by atoms with Gasteiger partial charge in [-0.2, -0.15) is 0 Å². The second-order valence-electron chi connectivity index (χ2n) is 9.42. The monoisotopic (exact) mass is 420 g/mol. The number of hydrogen-bond donors (Lipinski definition) is 0. The first-order chi connectivity index (χ1) is 13.7. The van der Waals surface area contributed by atoms with Crippen LogP contribution < -0.4 is 10.4 Å². The van der Waals surface area contributed by atoms with Gasteiger partial charge < -0.3 is 19.1 Å². The molecule has 4 rings (SSSR count). The molecule has 1 atom stereocenters. The van der Waals surface area contributed by atoms with Crippen molar-refractivity contribution in [2.24, 2.45) is 5.92 Å². The second kappa shape index (κ2) is 7.71. The molecule has 3 fully saturated rings. The van der Waals surface area contributed by atoms with Crippen molar-refractivity contribution in [3.05, 3.63) is 12.4 Å². The van der Waals surface area contributed by atoms with Crippen LogP contribution in [0.4, 0.5) is 5.95 Å². The van der Waals surface area contributed by atoms with Gasteiger partial charge in [-0.05, 0) is 52.9 Å². The Morgan fingerprint density at radius 1 is 1.21 bits per heavy atom. The van der Waals surface area contributed by atoms with Crippen LogP contribution in [0, 0.1) is 5.92 Å². The Hall–Kier alpha value is -1.38. The molecule has 0 unspecified atom stereocenters. The number of carbonyl (C=O) groups is 1. The number of hydrogen-bond acceptors (Lipinski definition) is 6. The van der Waals surface area contributed by atoms with Crippen molar-refractivity contribution in [1.82, 2.24) is 14.9 Å². The first kappa shape index (κ1) is 20.9. The zero-order chi connectivity index (χ0) is 20.8. The molecule has 29 heavy (non-hydrogen) atoms. The number of aromatic nitrogens is 2. The normalized spacial score (nSPS) is 25.5. The fraction of sp³-hybridized carbons (Fsp3) is 0.750. The van der Waals surface area contributed by atoms with E-state index in [4.69, 9.17) is 20.9 Å². The SMILES string of the molecule is CC1(C)OB(c2cnc(N(C[C@@H]3CCN(C(=O)CCl)C3)C3CC3)nc2)OC1(C)C. The van der Waals surface area contributed by atoms with Crippen LogP contribution in [-0.4, -0.2) is 70.7 Å². The van der Waals surface area contributed by atoms with E-state index in [9.17, 15) is 4.79 Å². The van der Waals surface area contributed by atoms with Gasteiger partial charge in [-0.15, -0.1) is 11.6 Å². The lowest BCUT2D eigenvalue weighted by Gasteiger charge is -2.32. The first-order valence-electron chi connectivity index (χ1n) is 10.5. The Kier molecular flexibility index (Phi) is 5.55. The van der Waals surface area contributed by atoms with Crippen LogP contribution in [0.25, 0.3) is 0 Å². The summed E-state index contributed by atoms with van der Waals surface area (Å²) in [5.41, 5.74) is 0.0686. The van der Waals surface area contributed by atoms with Crippen LogP contribution in [-0.2, 0) is 14.1 Å². The predicted molar refractivity (Wildman–Crippen MR) is 114 cm³/mol. The lowest BCUT2D eigenvalue weighted by molar-refractivity contribution is -0.127. The van der Waals surface area contributed by atoms with Gasteiger partial charge in [-0.1, -0.05) is 0 Å². The van der Waals surface area contributed by atoms with Crippen molar-refractivity contribution in [1.29, 1.82) is 0 Å². The number of amides is 1. The lowest BCUT2D eigenvalue weighted by atomic mass is 9.81. The number of halogens is 1. The van der Waals surface area contributed by atoms with Crippen molar-refractivity contribution in [3.8, 4) is 0 Å². The van der Waals surface area contributed by atoms with Gasteiger partial charge in [0, 0.05) is 43.5 Å². The molecule has 0 N–H and O–H groups in total. The van der Waals surface area contributed by atoms with Gasteiger partial charge in [0.25, 0.3) is 0 Å². The van der Waals surface area contributed by atoms with Gasteiger partial charge in [0.05, 0.1) is 11.2 Å². The minimum Gasteiger partial charge on any atom is -0.399 e. The maximum atomic E-state index is 11.8. The highest BCUT2D eigenvalue weighted by Gasteiger charge is 2.52. The number of anilines is 1. The van der Waals surface area contributed by atoms with Gasteiger partial charge in [-0.3, -0.25) is 4.79 Å². The van der Waals surface area contributed by atoms with E-state index in [1.54, 1.807) is 0 Å². The summed E-state index contributed by atoms with van der Waals surface area (Å²) in [6.07, 6.45) is 6.96. The summed E-state index contributed by atoms with van der Waals surface area (Å²) in [5.74, 6) is 1.25. The number of nitrogens with zero attached hydrogens (tertiary/aromatic N) is 4. The Morgan fingerprint density at radius 2 is 1.83 bits per heavy atom. The van der Waals surface area contributed by atoms with Crippen molar-refractivity contribution >= 4 is 36.0 Å². The van der Waals surface area contributed by atoms with E-state index in [1.807, 2.05) is 45.0 Å². The van der Waals surface area contributed by atoms with Crippen molar-refractivity contribution < 1.29 is 14.1 Å². The summed E-state index contributed by atoms with van der Waals surface area (Å²) < 4.78 is 12.2. The third-order valence-electron chi connectivity index (χ3n) is 6.64. The van der Waals surface area contributed by atoms with Crippen LogP contribution in [0.3, 0.4) is 0 Å². The van der Waals surface area contributed by atoms with E-state index in [0.29, 0.717) is 12.0 Å². The molecule has 1 aliphatic carbocycles. The lowest BCUT2D eigenvalue weighted by Crippen LogP contribution is -2.41. The quantitative estimate of drug-likeness (QED) is 0.517. The predicted octanol–water partition coefficient (Wildman–Crippen LogP) is 1.83. The Balaban J connectivity index is 1.42. The van der Waals surface area contributed by atoms with E-state index in [-0.39, 0.29) is 23.0 Å². The van der Waals surface area contributed by atoms with E-state index < -0.39 is 7.12 Å². The molecule has 0 spiro atoms. The van der Waals surface area contributed by atoms with E-state index in [2.05, 4.69) is 14.9 Å². The van der Waals surface area contributed by atoms with Crippen LogP contribution in [0.2, 0.25) is 0 Å². The largest absolute Gasteiger partial charge is 0.498 e.